The summed E-state index contributed by atoms with van der Waals surface area (Å²) in [6, 6.07) is 6.93. The topological polar surface area (TPSA) is 58.1 Å². The molecule has 1 aromatic heterocycles. The largest absolute Gasteiger partial charge is 0.445 e. The number of carbonyl (C=O) groups excluding carboxylic acids is 1. The fraction of sp³-hybridized carbons (Fsp3) is 0.400. The molecule has 0 bridgehead atoms. The molecule has 0 saturated heterocycles. The van der Waals surface area contributed by atoms with Crippen molar-refractivity contribution in [1.29, 1.82) is 0 Å². The summed E-state index contributed by atoms with van der Waals surface area (Å²) >= 11 is 0.295. The fourth-order valence-corrected chi connectivity index (χ4v) is 2.63. The van der Waals surface area contributed by atoms with Gasteiger partial charge in [0.05, 0.1) is 0 Å². The van der Waals surface area contributed by atoms with Crippen LogP contribution >= 0.6 is 11.3 Å². The summed E-state index contributed by atoms with van der Waals surface area (Å²) < 4.78 is 37.4. The first kappa shape index (κ1) is 18.3. The second-order valence-corrected chi connectivity index (χ2v) is 6.00. The number of halogens is 3. The quantitative estimate of drug-likeness (QED) is 0.856. The van der Waals surface area contributed by atoms with E-state index in [1.807, 2.05) is 12.1 Å². The third-order valence-electron chi connectivity index (χ3n) is 3.40. The Balaban J connectivity index is 2.01. The molecular formula is C15H17F3N4OS. The highest BCUT2D eigenvalue weighted by Crippen LogP contribution is 2.33. The molecule has 2 rings (SSSR count). The smallest absolute Gasteiger partial charge is 0.300 e. The minimum atomic E-state index is -4.56. The lowest BCUT2D eigenvalue weighted by atomic mass is 10.1. The van der Waals surface area contributed by atoms with Gasteiger partial charge in [0.25, 0.3) is 5.91 Å². The lowest BCUT2D eigenvalue weighted by Crippen LogP contribution is -2.22. The summed E-state index contributed by atoms with van der Waals surface area (Å²) in [7, 11) is 0. The van der Waals surface area contributed by atoms with E-state index < -0.39 is 17.1 Å². The molecule has 0 radical (unpaired) electrons. The Hall–Kier alpha value is -2.00. The van der Waals surface area contributed by atoms with Crippen molar-refractivity contribution in [3.8, 4) is 0 Å². The lowest BCUT2D eigenvalue weighted by Gasteiger charge is -2.17. The summed E-state index contributed by atoms with van der Waals surface area (Å²) in [6.45, 7) is 6.78. The molecule has 1 heterocycles. The van der Waals surface area contributed by atoms with Crippen LogP contribution in [0.25, 0.3) is 0 Å². The standard InChI is InChI=1S/C15H17F3N4OS/c1-3-22(4-2)9-10-5-7-11(8-6-10)12(23)19-14-21-20-13(24-14)15(16,17)18/h5-8H,3-4,9H2,1-2H3,(H,19,21,23). The van der Waals surface area contributed by atoms with Crippen molar-refractivity contribution in [2.75, 3.05) is 18.4 Å². The highest BCUT2D eigenvalue weighted by atomic mass is 32.1. The van der Waals surface area contributed by atoms with Crippen molar-refractivity contribution >= 4 is 22.4 Å². The van der Waals surface area contributed by atoms with Crippen molar-refractivity contribution in [2.45, 2.75) is 26.6 Å². The number of amides is 1. The van der Waals surface area contributed by atoms with Gasteiger partial charge < -0.3 is 0 Å². The second kappa shape index (κ2) is 7.71. The van der Waals surface area contributed by atoms with Gasteiger partial charge in [0.2, 0.25) is 10.1 Å². The normalized spacial score (nSPS) is 11.8. The number of nitrogens with one attached hydrogen (secondary N) is 1. The average Bonchev–Trinajstić information content (AvgIpc) is 3.02. The molecule has 0 spiro atoms. The van der Waals surface area contributed by atoms with E-state index in [1.165, 1.54) is 0 Å². The van der Waals surface area contributed by atoms with Crippen molar-refractivity contribution in [3.05, 3.63) is 40.4 Å². The van der Waals surface area contributed by atoms with E-state index in [-0.39, 0.29) is 5.13 Å². The molecule has 0 saturated carbocycles. The first-order valence-corrected chi connectivity index (χ1v) is 8.18. The summed E-state index contributed by atoms with van der Waals surface area (Å²) in [5, 5.41) is 7.42. The number of anilines is 1. The van der Waals surface area contributed by atoms with E-state index >= 15 is 0 Å². The van der Waals surface area contributed by atoms with E-state index in [2.05, 4.69) is 34.3 Å². The molecule has 0 atom stereocenters. The van der Waals surface area contributed by atoms with Gasteiger partial charge in [-0.05, 0) is 30.8 Å². The van der Waals surface area contributed by atoms with E-state index in [0.29, 0.717) is 16.9 Å². The van der Waals surface area contributed by atoms with Crippen molar-refractivity contribution < 1.29 is 18.0 Å². The molecule has 0 aliphatic heterocycles. The monoisotopic (exact) mass is 358 g/mol. The lowest BCUT2D eigenvalue weighted by molar-refractivity contribution is -0.138. The maximum Gasteiger partial charge on any atom is 0.445 e. The molecule has 1 N–H and O–H groups in total. The number of benzene rings is 1. The van der Waals surface area contributed by atoms with E-state index in [1.54, 1.807) is 12.1 Å². The molecule has 1 aromatic carbocycles. The fourth-order valence-electron chi connectivity index (χ4n) is 2.02. The van der Waals surface area contributed by atoms with Gasteiger partial charge in [0, 0.05) is 12.1 Å². The van der Waals surface area contributed by atoms with Gasteiger partial charge >= 0.3 is 6.18 Å². The van der Waals surface area contributed by atoms with Crippen molar-refractivity contribution in [1.82, 2.24) is 15.1 Å². The summed E-state index contributed by atoms with van der Waals surface area (Å²) in [4.78, 5) is 14.3. The van der Waals surface area contributed by atoms with Gasteiger partial charge in [-0.2, -0.15) is 13.2 Å². The Morgan fingerprint density at radius 2 is 1.79 bits per heavy atom. The third-order valence-corrected chi connectivity index (χ3v) is 4.29. The predicted molar refractivity (Wildman–Crippen MR) is 85.9 cm³/mol. The number of carbonyl (C=O) groups is 1. The van der Waals surface area contributed by atoms with Gasteiger partial charge in [-0.25, -0.2) is 0 Å². The predicted octanol–water partition coefficient (Wildman–Crippen LogP) is 3.65. The van der Waals surface area contributed by atoms with E-state index in [0.717, 1.165) is 25.2 Å². The van der Waals surface area contributed by atoms with Crippen LogP contribution in [0.15, 0.2) is 24.3 Å². The van der Waals surface area contributed by atoms with Crippen LogP contribution in [0, 0.1) is 0 Å². The van der Waals surface area contributed by atoms with Gasteiger partial charge in [0.1, 0.15) is 0 Å². The number of hydrogen-bond acceptors (Lipinski definition) is 5. The van der Waals surface area contributed by atoms with Crippen LogP contribution in [0.3, 0.4) is 0 Å². The molecule has 24 heavy (non-hydrogen) atoms. The zero-order valence-electron chi connectivity index (χ0n) is 13.2. The van der Waals surface area contributed by atoms with Gasteiger partial charge in [0.15, 0.2) is 0 Å². The summed E-state index contributed by atoms with van der Waals surface area (Å²) in [5.74, 6) is -0.519. The number of nitrogens with zero attached hydrogens (tertiary/aromatic N) is 3. The SMILES string of the molecule is CCN(CC)Cc1ccc(C(=O)Nc2nnc(C(F)(F)F)s2)cc1. The number of rotatable bonds is 6. The molecule has 9 heteroatoms. The molecule has 0 aliphatic rings. The van der Waals surface area contributed by atoms with E-state index in [9.17, 15) is 18.0 Å². The van der Waals surface area contributed by atoms with Gasteiger partial charge in [-0.15, -0.1) is 10.2 Å². The van der Waals surface area contributed by atoms with Crippen LogP contribution < -0.4 is 5.32 Å². The van der Waals surface area contributed by atoms with Crippen LogP contribution in [0.1, 0.15) is 34.8 Å². The van der Waals surface area contributed by atoms with Gasteiger partial charge in [-0.1, -0.05) is 37.3 Å². The third kappa shape index (κ3) is 4.75. The van der Waals surface area contributed by atoms with Crippen LogP contribution in [0.5, 0.6) is 0 Å². The second-order valence-electron chi connectivity index (χ2n) is 5.02. The molecule has 1 amide bonds. The van der Waals surface area contributed by atoms with Crippen LogP contribution in [0.2, 0.25) is 0 Å². The molecule has 0 aliphatic carbocycles. The average molecular weight is 358 g/mol. The molecule has 130 valence electrons. The summed E-state index contributed by atoms with van der Waals surface area (Å²) in [5.41, 5.74) is 1.41. The highest BCUT2D eigenvalue weighted by Gasteiger charge is 2.35. The molecule has 0 fully saturated rings. The van der Waals surface area contributed by atoms with Crippen LogP contribution in [0.4, 0.5) is 18.3 Å². The zero-order valence-corrected chi connectivity index (χ0v) is 14.0. The Morgan fingerprint density at radius 3 is 2.29 bits per heavy atom. The minimum Gasteiger partial charge on any atom is -0.300 e. The highest BCUT2D eigenvalue weighted by molar-refractivity contribution is 7.15. The molecule has 5 nitrogen and oxygen atoms in total. The molecule has 2 aromatic rings. The molecule has 0 unspecified atom stereocenters. The van der Waals surface area contributed by atoms with Crippen LogP contribution in [-0.2, 0) is 12.7 Å². The summed E-state index contributed by atoms with van der Waals surface area (Å²) in [6.07, 6.45) is -4.56. The van der Waals surface area contributed by atoms with Crippen molar-refractivity contribution in [2.24, 2.45) is 0 Å². The minimum absolute atomic E-state index is 0.181. The number of alkyl halides is 3. The maximum absolute atomic E-state index is 12.5. The maximum atomic E-state index is 12.5. The van der Waals surface area contributed by atoms with Crippen molar-refractivity contribution in [3.63, 3.8) is 0 Å². The number of hydrogen-bond donors (Lipinski definition) is 1. The zero-order chi connectivity index (χ0) is 17.7. The Labute approximate surface area is 141 Å². The Morgan fingerprint density at radius 1 is 1.17 bits per heavy atom. The first-order valence-electron chi connectivity index (χ1n) is 7.36. The first-order chi connectivity index (χ1) is 11.3. The molecular weight excluding hydrogens is 341 g/mol. The Kier molecular flexibility index (Phi) is 5.89. The van der Waals surface area contributed by atoms with Gasteiger partial charge in [-0.3, -0.25) is 15.0 Å². The van der Waals surface area contributed by atoms with Crippen LogP contribution in [-0.4, -0.2) is 34.1 Å². The van der Waals surface area contributed by atoms with E-state index in [4.69, 9.17) is 0 Å². The Bertz CT molecular complexity index is 681. The number of aromatic nitrogens is 2.